The van der Waals surface area contributed by atoms with Gasteiger partial charge in [-0.3, -0.25) is 9.05 Å². The molecule has 1 fully saturated rings. The van der Waals surface area contributed by atoms with Crippen LogP contribution in [-0.4, -0.2) is 42.1 Å². The topological polar surface area (TPSA) is 59.0 Å². The van der Waals surface area contributed by atoms with E-state index in [0.29, 0.717) is 6.61 Å². The number of phosphoric ester groups is 1. The lowest BCUT2D eigenvalue weighted by atomic mass is 10.0. The van der Waals surface area contributed by atoms with Crippen LogP contribution in [-0.2, 0) is 13.6 Å². The second kappa shape index (κ2) is 19.5. The van der Waals surface area contributed by atoms with Gasteiger partial charge in [0.15, 0.2) is 0 Å². The number of nitrogens with zero attached hydrogens (tertiary/aromatic N) is 1. The summed E-state index contributed by atoms with van der Waals surface area (Å²) >= 11 is 0. The predicted octanol–water partition coefficient (Wildman–Crippen LogP) is 7.87. The largest absolute Gasteiger partial charge is 0.472 e. The third-order valence-electron chi connectivity index (χ3n) is 6.52. The molecule has 1 atom stereocenters. The van der Waals surface area contributed by atoms with Gasteiger partial charge >= 0.3 is 7.82 Å². The van der Waals surface area contributed by atoms with Crippen LogP contribution in [0.4, 0.5) is 0 Å². The zero-order chi connectivity index (χ0) is 22.6. The summed E-state index contributed by atoms with van der Waals surface area (Å²) in [4.78, 5) is 12.2. The average Bonchev–Trinajstić information content (AvgIpc) is 2.76. The Labute approximate surface area is 193 Å². The van der Waals surface area contributed by atoms with Gasteiger partial charge in [0.2, 0.25) is 0 Å². The summed E-state index contributed by atoms with van der Waals surface area (Å²) < 4.78 is 22.6. The lowest BCUT2D eigenvalue weighted by molar-refractivity contribution is 0.0588. The third kappa shape index (κ3) is 17.2. The van der Waals surface area contributed by atoms with E-state index in [1.165, 1.54) is 89.9 Å². The SMILES string of the molecule is CCCCCCCCCCCCCCCCCCOP(=O)(O)OC1CCN(CC)CC1. The van der Waals surface area contributed by atoms with E-state index in [2.05, 4.69) is 18.7 Å². The number of piperidine rings is 1. The number of unbranched alkanes of at least 4 members (excludes halogenated alkanes) is 15. The lowest BCUT2D eigenvalue weighted by Crippen LogP contribution is -2.36. The predicted molar refractivity (Wildman–Crippen MR) is 132 cm³/mol. The van der Waals surface area contributed by atoms with Gasteiger partial charge in [0.1, 0.15) is 0 Å². The molecule has 6 heteroatoms. The molecular weight excluding hydrogens is 409 g/mol. The second-order valence-corrected chi connectivity index (χ2v) is 10.8. The van der Waals surface area contributed by atoms with E-state index in [4.69, 9.17) is 9.05 Å². The first kappa shape index (κ1) is 29.1. The molecule has 0 aromatic heterocycles. The van der Waals surface area contributed by atoms with Gasteiger partial charge in [0, 0.05) is 13.1 Å². The van der Waals surface area contributed by atoms with Gasteiger partial charge in [-0.15, -0.1) is 0 Å². The van der Waals surface area contributed by atoms with Crippen molar-refractivity contribution in [3.63, 3.8) is 0 Å². The van der Waals surface area contributed by atoms with E-state index in [9.17, 15) is 9.46 Å². The Morgan fingerprint density at radius 1 is 0.742 bits per heavy atom. The van der Waals surface area contributed by atoms with Crippen LogP contribution in [0.15, 0.2) is 0 Å². The number of phosphoric acid groups is 1. The van der Waals surface area contributed by atoms with Gasteiger partial charge in [-0.1, -0.05) is 110 Å². The van der Waals surface area contributed by atoms with E-state index in [0.717, 1.165) is 45.3 Å². The molecule has 0 aromatic carbocycles. The Balaban J connectivity index is 1.82. The zero-order valence-electron chi connectivity index (χ0n) is 20.7. The molecule has 186 valence electrons. The standard InChI is InChI=1S/C25H52NO4P/c1-3-5-6-7-8-9-10-11-12-13-14-15-16-17-18-19-24-29-31(27,28)30-25-20-22-26(4-2)23-21-25/h25H,3-24H2,1-2H3,(H,27,28). The van der Waals surface area contributed by atoms with Gasteiger partial charge in [-0.2, -0.15) is 0 Å². The van der Waals surface area contributed by atoms with E-state index < -0.39 is 7.82 Å². The van der Waals surface area contributed by atoms with Crippen LogP contribution in [0.3, 0.4) is 0 Å². The lowest BCUT2D eigenvalue weighted by Gasteiger charge is -2.31. The molecule has 0 spiro atoms. The highest BCUT2D eigenvalue weighted by molar-refractivity contribution is 7.47. The molecule has 5 nitrogen and oxygen atoms in total. The fourth-order valence-electron chi connectivity index (χ4n) is 4.38. The van der Waals surface area contributed by atoms with Gasteiger partial charge in [0.25, 0.3) is 0 Å². The van der Waals surface area contributed by atoms with Crippen molar-refractivity contribution in [1.29, 1.82) is 0 Å². The van der Waals surface area contributed by atoms with Crippen molar-refractivity contribution in [1.82, 2.24) is 4.90 Å². The van der Waals surface area contributed by atoms with Crippen molar-refractivity contribution in [3.8, 4) is 0 Å². The monoisotopic (exact) mass is 461 g/mol. The highest BCUT2D eigenvalue weighted by Crippen LogP contribution is 2.46. The maximum absolute atomic E-state index is 12.1. The first-order valence-electron chi connectivity index (χ1n) is 13.5. The molecule has 1 aliphatic heterocycles. The number of hydrogen-bond donors (Lipinski definition) is 1. The van der Waals surface area contributed by atoms with E-state index >= 15 is 0 Å². The molecule has 0 radical (unpaired) electrons. The van der Waals surface area contributed by atoms with Crippen molar-refractivity contribution in [2.45, 2.75) is 136 Å². The molecule has 1 rings (SSSR count). The number of hydrogen-bond acceptors (Lipinski definition) is 4. The summed E-state index contributed by atoms with van der Waals surface area (Å²) in [7, 11) is -3.90. The van der Waals surface area contributed by atoms with Gasteiger partial charge in [0.05, 0.1) is 12.7 Å². The molecule has 1 saturated heterocycles. The van der Waals surface area contributed by atoms with Gasteiger partial charge in [-0.25, -0.2) is 4.57 Å². The maximum atomic E-state index is 12.1. The molecule has 1 unspecified atom stereocenters. The zero-order valence-corrected chi connectivity index (χ0v) is 21.6. The Kier molecular flexibility index (Phi) is 18.3. The van der Waals surface area contributed by atoms with Crippen molar-refractivity contribution in [2.75, 3.05) is 26.2 Å². The quantitative estimate of drug-likeness (QED) is 0.139. The molecule has 1 N–H and O–H groups in total. The Hall–Kier alpha value is 0.0700. The Bertz CT molecular complexity index is 441. The van der Waals surface area contributed by atoms with Crippen molar-refractivity contribution < 1.29 is 18.5 Å². The van der Waals surface area contributed by atoms with Crippen LogP contribution in [0.2, 0.25) is 0 Å². The summed E-state index contributed by atoms with van der Waals surface area (Å²) in [6, 6.07) is 0. The van der Waals surface area contributed by atoms with E-state index in [1.54, 1.807) is 0 Å². The molecule has 0 amide bonds. The van der Waals surface area contributed by atoms with Crippen LogP contribution >= 0.6 is 7.82 Å². The molecular formula is C25H52NO4P. The maximum Gasteiger partial charge on any atom is 0.472 e. The van der Waals surface area contributed by atoms with E-state index in [-0.39, 0.29) is 6.10 Å². The molecule has 0 aromatic rings. The number of likely N-dealkylation sites (tertiary alicyclic amines) is 1. The fourth-order valence-corrected chi connectivity index (χ4v) is 5.39. The normalized spacial score (nSPS) is 17.8. The van der Waals surface area contributed by atoms with Gasteiger partial charge < -0.3 is 9.79 Å². The van der Waals surface area contributed by atoms with Gasteiger partial charge in [-0.05, 0) is 25.8 Å². The Morgan fingerprint density at radius 3 is 1.58 bits per heavy atom. The van der Waals surface area contributed by atoms with Crippen LogP contribution < -0.4 is 0 Å². The average molecular weight is 462 g/mol. The molecule has 0 aliphatic carbocycles. The summed E-state index contributed by atoms with van der Waals surface area (Å²) in [5, 5.41) is 0. The molecule has 0 bridgehead atoms. The van der Waals surface area contributed by atoms with Crippen LogP contribution in [0.5, 0.6) is 0 Å². The summed E-state index contributed by atoms with van der Waals surface area (Å²) in [6.45, 7) is 7.62. The third-order valence-corrected chi connectivity index (χ3v) is 7.59. The smallest absolute Gasteiger partial charge is 0.303 e. The van der Waals surface area contributed by atoms with Crippen molar-refractivity contribution >= 4 is 7.82 Å². The first-order valence-corrected chi connectivity index (χ1v) is 14.9. The highest BCUT2D eigenvalue weighted by Gasteiger charge is 2.28. The summed E-state index contributed by atoms with van der Waals surface area (Å²) in [5.74, 6) is 0. The minimum absolute atomic E-state index is 0.149. The Morgan fingerprint density at radius 2 is 1.16 bits per heavy atom. The molecule has 31 heavy (non-hydrogen) atoms. The van der Waals surface area contributed by atoms with Crippen LogP contribution in [0, 0.1) is 0 Å². The number of rotatable bonds is 21. The van der Waals surface area contributed by atoms with Crippen molar-refractivity contribution in [3.05, 3.63) is 0 Å². The molecule has 1 aliphatic rings. The van der Waals surface area contributed by atoms with Crippen LogP contribution in [0.25, 0.3) is 0 Å². The van der Waals surface area contributed by atoms with Crippen LogP contribution in [0.1, 0.15) is 129 Å². The van der Waals surface area contributed by atoms with E-state index in [1.807, 2.05) is 0 Å². The highest BCUT2D eigenvalue weighted by atomic mass is 31.2. The first-order chi connectivity index (χ1) is 15.1. The second-order valence-electron chi connectivity index (χ2n) is 9.34. The minimum atomic E-state index is -3.90. The summed E-state index contributed by atoms with van der Waals surface area (Å²) in [6.07, 6.45) is 22.5. The molecule has 0 saturated carbocycles. The minimum Gasteiger partial charge on any atom is -0.303 e. The fraction of sp³-hybridized carbons (Fsp3) is 1.00. The molecule has 1 heterocycles. The summed E-state index contributed by atoms with van der Waals surface area (Å²) in [5.41, 5.74) is 0. The van der Waals surface area contributed by atoms with Crippen molar-refractivity contribution in [2.24, 2.45) is 0 Å².